The molecule has 14 nitrogen and oxygen atoms in total. The van der Waals surface area contributed by atoms with Gasteiger partial charge in [0, 0.05) is 47.7 Å². The highest BCUT2D eigenvalue weighted by Crippen LogP contribution is 2.33. The molecule has 0 spiro atoms. The Hall–Kier alpha value is -6.35. The first-order valence-corrected chi connectivity index (χ1v) is 17.2. The van der Waals surface area contributed by atoms with Crippen molar-refractivity contribution < 1.29 is 29.0 Å². The summed E-state index contributed by atoms with van der Waals surface area (Å²) in [4.78, 5) is 55.6. The molecule has 4 N–H and O–H groups in total. The summed E-state index contributed by atoms with van der Waals surface area (Å²) in [5.74, 6) is 4.91. The van der Waals surface area contributed by atoms with Crippen LogP contribution in [0.4, 0.5) is 10.5 Å². The van der Waals surface area contributed by atoms with Crippen LogP contribution < -0.4 is 16.0 Å². The maximum absolute atomic E-state index is 14.1. The number of aromatic nitrogens is 2. The molecular formula is C38H35ClN8O6. The fourth-order valence-electron chi connectivity index (χ4n) is 5.90. The number of nitrogens with zero attached hydrogens (tertiary/aromatic N) is 5. The Morgan fingerprint density at radius 1 is 1.08 bits per heavy atom. The van der Waals surface area contributed by atoms with Gasteiger partial charge < -0.3 is 35.6 Å². The topological polar surface area (TPSA) is 182 Å². The van der Waals surface area contributed by atoms with Gasteiger partial charge in [-0.15, -0.1) is 0 Å². The molecule has 15 heteroatoms. The number of hydrogen-bond acceptors (Lipinski definition) is 8. The Bertz CT molecular complexity index is 2100. The number of anilines is 1. The number of nitrogens with one attached hydrogen (secondary N) is 3. The zero-order valence-electron chi connectivity index (χ0n) is 28.4. The molecule has 2 atom stereocenters. The van der Waals surface area contributed by atoms with E-state index in [0.717, 1.165) is 0 Å². The molecule has 53 heavy (non-hydrogen) atoms. The van der Waals surface area contributed by atoms with Crippen LogP contribution in [0.15, 0.2) is 79.0 Å². The van der Waals surface area contributed by atoms with E-state index in [1.54, 1.807) is 77.6 Å². The molecule has 0 bridgehead atoms. The number of nitriles is 1. The summed E-state index contributed by atoms with van der Waals surface area (Å²) in [6, 6.07) is 19.6. The van der Waals surface area contributed by atoms with Crippen molar-refractivity contribution in [1.82, 2.24) is 30.2 Å². The van der Waals surface area contributed by atoms with Crippen LogP contribution >= 0.6 is 11.6 Å². The predicted octanol–water partition coefficient (Wildman–Crippen LogP) is 3.27. The van der Waals surface area contributed by atoms with Gasteiger partial charge in [0.25, 0.3) is 5.91 Å². The molecule has 4 aromatic rings. The van der Waals surface area contributed by atoms with Gasteiger partial charge in [-0.1, -0.05) is 53.8 Å². The molecular weight excluding hydrogens is 700 g/mol. The number of amides is 5. The molecule has 2 fully saturated rings. The molecule has 0 saturated carbocycles. The van der Waals surface area contributed by atoms with Crippen molar-refractivity contribution in [3.05, 3.63) is 101 Å². The Labute approximate surface area is 310 Å². The quantitative estimate of drug-likeness (QED) is 0.199. The summed E-state index contributed by atoms with van der Waals surface area (Å²) in [6.07, 6.45) is 1.94. The normalized spacial score (nSPS) is 16.0. The van der Waals surface area contributed by atoms with Crippen LogP contribution in [0.25, 0.3) is 11.3 Å². The number of piperazine rings is 1. The molecule has 2 aliphatic heterocycles. The van der Waals surface area contributed by atoms with E-state index in [-0.39, 0.29) is 44.4 Å². The van der Waals surface area contributed by atoms with Crippen molar-refractivity contribution in [1.29, 1.82) is 5.26 Å². The van der Waals surface area contributed by atoms with Crippen LogP contribution in [0.5, 0.6) is 5.75 Å². The lowest BCUT2D eigenvalue weighted by Gasteiger charge is -2.37. The number of morpholine rings is 1. The van der Waals surface area contributed by atoms with Crippen molar-refractivity contribution in [2.45, 2.75) is 25.0 Å². The number of aryl methyl sites for hydroxylation is 1. The van der Waals surface area contributed by atoms with E-state index in [0.29, 0.717) is 58.3 Å². The monoisotopic (exact) mass is 734 g/mol. The van der Waals surface area contributed by atoms with E-state index in [4.69, 9.17) is 21.6 Å². The predicted molar refractivity (Wildman–Crippen MR) is 194 cm³/mol. The lowest BCUT2D eigenvalue weighted by atomic mass is 10.0. The van der Waals surface area contributed by atoms with Crippen molar-refractivity contribution in [2.75, 3.05) is 44.7 Å². The van der Waals surface area contributed by atoms with Gasteiger partial charge in [0.05, 0.1) is 37.8 Å². The number of hydrogen-bond donors (Lipinski definition) is 4. The zero-order valence-corrected chi connectivity index (χ0v) is 29.2. The molecule has 3 aromatic carbocycles. The van der Waals surface area contributed by atoms with Gasteiger partial charge in [-0.2, -0.15) is 10.4 Å². The summed E-state index contributed by atoms with van der Waals surface area (Å²) >= 11 is 6.19. The zero-order chi connectivity index (χ0) is 37.3. The van der Waals surface area contributed by atoms with Gasteiger partial charge in [-0.05, 0) is 48.0 Å². The Kier molecular flexibility index (Phi) is 11.5. The minimum atomic E-state index is -1.11. The third-order valence-electron chi connectivity index (χ3n) is 8.61. The molecule has 3 heterocycles. The summed E-state index contributed by atoms with van der Waals surface area (Å²) in [5.41, 5.74) is 2.96. The van der Waals surface area contributed by atoms with E-state index >= 15 is 0 Å². The van der Waals surface area contributed by atoms with Gasteiger partial charge in [-0.3, -0.25) is 19.1 Å². The van der Waals surface area contributed by atoms with Crippen LogP contribution in [0.2, 0.25) is 5.02 Å². The van der Waals surface area contributed by atoms with Crippen molar-refractivity contribution in [2.24, 2.45) is 0 Å². The fraction of sp³-hybridized carbons (Fsp3) is 0.263. The second-order valence-corrected chi connectivity index (χ2v) is 12.7. The van der Waals surface area contributed by atoms with Crippen molar-refractivity contribution >= 4 is 41.0 Å². The van der Waals surface area contributed by atoms with E-state index < -0.39 is 29.9 Å². The smallest absolute Gasteiger partial charge is 0.318 e. The first-order chi connectivity index (χ1) is 25.7. The number of phenolic OH excluding ortho intramolecular Hbond substituents is 1. The van der Waals surface area contributed by atoms with Gasteiger partial charge in [0.15, 0.2) is 0 Å². The Morgan fingerprint density at radius 2 is 1.87 bits per heavy atom. The first kappa shape index (κ1) is 36.4. The third-order valence-corrected chi connectivity index (χ3v) is 8.84. The average Bonchev–Trinajstić information content (AvgIpc) is 3.59. The molecule has 270 valence electrons. The molecule has 6 rings (SSSR count). The van der Waals surface area contributed by atoms with E-state index in [9.17, 15) is 24.3 Å². The van der Waals surface area contributed by atoms with Gasteiger partial charge >= 0.3 is 6.03 Å². The number of phenols is 1. The summed E-state index contributed by atoms with van der Waals surface area (Å²) in [5, 5.41) is 32.8. The molecule has 2 aliphatic rings. The van der Waals surface area contributed by atoms with Crippen LogP contribution in [0, 0.1) is 23.2 Å². The Morgan fingerprint density at radius 3 is 2.62 bits per heavy atom. The number of aromatic hydroxyl groups is 1. The molecule has 2 saturated heterocycles. The summed E-state index contributed by atoms with van der Waals surface area (Å²) in [7, 11) is 0. The van der Waals surface area contributed by atoms with Gasteiger partial charge in [-0.25, -0.2) is 4.79 Å². The number of ether oxygens (including phenoxy) is 1. The van der Waals surface area contributed by atoms with E-state index in [1.165, 1.54) is 15.9 Å². The summed E-state index contributed by atoms with van der Waals surface area (Å²) < 4.78 is 7.20. The molecule has 0 aliphatic carbocycles. The van der Waals surface area contributed by atoms with Crippen molar-refractivity contribution in [3.8, 4) is 34.9 Å². The number of urea groups is 1. The van der Waals surface area contributed by atoms with Crippen LogP contribution in [-0.4, -0.2) is 93.9 Å². The highest BCUT2D eigenvalue weighted by molar-refractivity contribution is 6.31. The number of benzene rings is 3. The van der Waals surface area contributed by atoms with E-state index in [2.05, 4.69) is 39.0 Å². The van der Waals surface area contributed by atoms with Gasteiger partial charge in [0.1, 0.15) is 30.1 Å². The fourth-order valence-corrected chi connectivity index (χ4v) is 6.07. The largest absolute Gasteiger partial charge is 0.507 e. The highest BCUT2D eigenvalue weighted by Gasteiger charge is 2.38. The second kappa shape index (κ2) is 16.8. The highest BCUT2D eigenvalue weighted by atomic mass is 35.5. The molecule has 0 radical (unpaired) electrons. The SMILES string of the molecule is N#CCCn1cc(C#Cc2ccc(NC(=O)[C@H]3COCCN3C(=O)[C@@H](NC(=O)N3CCNC(=O)C3)c3ccccc3)cc2)c(-c2cc(Cl)ccc2O)n1. The maximum Gasteiger partial charge on any atom is 0.318 e. The molecule has 0 unspecified atom stereocenters. The number of rotatable bonds is 8. The minimum absolute atomic E-state index is 0.0139. The van der Waals surface area contributed by atoms with Crippen LogP contribution in [-0.2, 0) is 25.7 Å². The molecule has 5 amide bonds. The average molecular weight is 735 g/mol. The second-order valence-electron chi connectivity index (χ2n) is 12.2. The first-order valence-electron chi connectivity index (χ1n) is 16.8. The lowest BCUT2D eigenvalue weighted by Crippen LogP contribution is -2.58. The number of carbonyl (C=O) groups is 4. The van der Waals surface area contributed by atoms with Crippen LogP contribution in [0.3, 0.4) is 0 Å². The Balaban J connectivity index is 1.17. The minimum Gasteiger partial charge on any atom is -0.507 e. The number of carbonyl (C=O) groups excluding carboxylic acids is 4. The van der Waals surface area contributed by atoms with Crippen molar-refractivity contribution in [3.63, 3.8) is 0 Å². The van der Waals surface area contributed by atoms with Gasteiger partial charge in [0.2, 0.25) is 11.8 Å². The molecule has 1 aromatic heterocycles. The maximum atomic E-state index is 14.1. The van der Waals surface area contributed by atoms with Crippen LogP contribution in [0.1, 0.15) is 29.2 Å². The summed E-state index contributed by atoms with van der Waals surface area (Å²) in [6.45, 7) is 1.10. The third kappa shape index (κ3) is 8.94. The van der Waals surface area contributed by atoms with E-state index in [1.807, 2.05) is 0 Å². The lowest BCUT2D eigenvalue weighted by molar-refractivity contribution is -0.148. The standard InChI is InChI=1S/C38H35ClN8O6/c39-28-11-14-32(48)30(21-28)34-27(22-46(44-34)17-4-15-40)10-7-25-8-12-29(13-9-25)42-36(50)31-24-53-20-19-47(31)37(51)35(26-5-2-1-3-6-26)43-38(52)45-18-16-41-33(49)23-45/h1-3,5-6,8-9,11-14,21-22,31,35,48H,4,16-20,23-24H2,(H,41,49)(H,42,50)(H,43,52)/t31-,35+/m1/s1. The number of halogens is 1.